The first-order valence-corrected chi connectivity index (χ1v) is 5.83. The number of benzene rings is 1. The molecule has 6 nitrogen and oxygen atoms in total. The van der Waals surface area contributed by atoms with Crippen molar-refractivity contribution in [3.8, 4) is 17.2 Å². The Balaban J connectivity index is 2.48. The molecule has 1 heterocycles. The third kappa shape index (κ3) is 3.45. The van der Waals surface area contributed by atoms with Gasteiger partial charge in [-0.1, -0.05) is 11.6 Å². The topological polar surface area (TPSA) is 85.2 Å². The Morgan fingerprint density at radius 3 is 2.71 bits per heavy atom. The minimum Gasteiger partial charge on any atom is -0.531 e. The van der Waals surface area contributed by atoms with E-state index < -0.39 is 42.9 Å². The van der Waals surface area contributed by atoms with Crippen LogP contribution in [0.15, 0.2) is 6.07 Å². The number of ether oxygens (including phenoxy) is 2. The van der Waals surface area contributed by atoms with E-state index in [1.807, 2.05) is 0 Å². The highest BCUT2D eigenvalue weighted by atomic mass is 35.5. The fourth-order valence-corrected chi connectivity index (χ4v) is 1.87. The third-order valence-corrected chi connectivity index (χ3v) is 2.66. The number of carboxylic acids is 1. The molecule has 114 valence electrons. The van der Waals surface area contributed by atoms with Crippen LogP contribution in [0, 0.1) is 0 Å². The number of carbonyl (C=O) groups is 1. The molecule has 1 aromatic rings. The Labute approximate surface area is 121 Å². The summed E-state index contributed by atoms with van der Waals surface area (Å²) in [7, 11) is -1.47. The van der Waals surface area contributed by atoms with E-state index in [2.05, 4.69) is 4.74 Å². The summed E-state index contributed by atoms with van der Waals surface area (Å²) in [6.45, 7) is -2.00. The van der Waals surface area contributed by atoms with Gasteiger partial charge in [0.2, 0.25) is 0 Å². The lowest BCUT2D eigenvalue weighted by molar-refractivity contribution is -0.153. The van der Waals surface area contributed by atoms with E-state index in [0.717, 1.165) is 6.07 Å². The van der Waals surface area contributed by atoms with Gasteiger partial charge in [-0.2, -0.15) is 13.2 Å². The smallest absolute Gasteiger partial charge is 0.531 e. The van der Waals surface area contributed by atoms with Crippen molar-refractivity contribution in [1.29, 1.82) is 0 Å². The van der Waals surface area contributed by atoms with Gasteiger partial charge in [-0.05, 0) is 0 Å². The Morgan fingerprint density at radius 1 is 1.48 bits per heavy atom. The van der Waals surface area contributed by atoms with E-state index in [0.29, 0.717) is 0 Å². The van der Waals surface area contributed by atoms with Crippen molar-refractivity contribution in [2.45, 2.75) is 6.18 Å². The molecule has 0 atom stereocenters. The second kappa shape index (κ2) is 5.53. The molecule has 0 bridgehead atoms. The standard InChI is InChI=1S/C10H7BClF3O6/c12-4-1-5(19-2-10(13,14)15)6(9(16)17)8-7(4)20-3-11(18)21-8/h1,18H,2-3H2,(H,16,17). The van der Waals surface area contributed by atoms with Crippen molar-refractivity contribution in [1.82, 2.24) is 0 Å². The van der Waals surface area contributed by atoms with E-state index in [1.165, 1.54) is 0 Å². The highest BCUT2D eigenvalue weighted by Crippen LogP contribution is 2.45. The summed E-state index contributed by atoms with van der Waals surface area (Å²) in [6, 6.07) is 0.886. The van der Waals surface area contributed by atoms with Crippen molar-refractivity contribution in [3.63, 3.8) is 0 Å². The van der Waals surface area contributed by atoms with Gasteiger partial charge >= 0.3 is 19.3 Å². The third-order valence-electron chi connectivity index (χ3n) is 2.38. The first-order valence-electron chi connectivity index (χ1n) is 5.46. The molecule has 1 aromatic carbocycles. The highest BCUT2D eigenvalue weighted by molar-refractivity contribution is 6.44. The number of carboxylic acid groups (broad SMARTS) is 1. The molecular weight excluding hydrogens is 319 g/mol. The maximum Gasteiger partial charge on any atom is 0.563 e. The molecule has 2 rings (SSSR count). The van der Waals surface area contributed by atoms with E-state index in [1.54, 1.807) is 0 Å². The molecule has 0 unspecified atom stereocenters. The fourth-order valence-electron chi connectivity index (χ4n) is 1.63. The second-order valence-electron chi connectivity index (χ2n) is 3.98. The lowest BCUT2D eigenvalue weighted by Crippen LogP contribution is -2.35. The minimum atomic E-state index is -4.66. The molecule has 2 N–H and O–H groups in total. The van der Waals surface area contributed by atoms with Crippen molar-refractivity contribution in [2.75, 3.05) is 13.1 Å². The molecule has 11 heteroatoms. The van der Waals surface area contributed by atoms with Crippen LogP contribution in [0.4, 0.5) is 13.2 Å². The largest absolute Gasteiger partial charge is 0.563 e. The van der Waals surface area contributed by atoms with Crippen molar-refractivity contribution >= 4 is 24.7 Å². The minimum absolute atomic E-state index is 0.182. The van der Waals surface area contributed by atoms with Crippen LogP contribution in [-0.4, -0.2) is 42.5 Å². The Kier molecular flexibility index (Phi) is 4.10. The van der Waals surface area contributed by atoms with E-state index in [9.17, 15) is 23.0 Å². The summed E-state index contributed by atoms with van der Waals surface area (Å²) < 4.78 is 50.9. The predicted molar refractivity (Wildman–Crippen MR) is 64.1 cm³/mol. The molecule has 0 saturated heterocycles. The Bertz CT molecular complexity index is 579. The monoisotopic (exact) mass is 326 g/mol. The molecule has 0 radical (unpaired) electrons. The van der Waals surface area contributed by atoms with Crippen LogP contribution in [0.1, 0.15) is 10.4 Å². The van der Waals surface area contributed by atoms with Gasteiger partial charge in [-0.15, -0.1) is 0 Å². The number of rotatable bonds is 3. The lowest BCUT2D eigenvalue weighted by atomic mass is 9.91. The molecular formula is C10H7BClF3O6. The number of alkyl halides is 3. The maximum atomic E-state index is 12.2. The first-order chi connectivity index (χ1) is 9.69. The summed E-state index contributed by atoms with van der Waals surface area (Å²) in [5.74, 6) is -2.91. The quantitative estimate of drug-likeness (QED) is 0.824. The van der Waals surface area contributed by atoms with Gasteiger partial charge in [0, 0.05) is 6.07 Å². The summed E-state index contributed by atoms with van der Waals surface area (Å²) in [4.78, 5) is 11.2. The van der Waals surface area contributed by atoms with Crippen LogP contribution in [0.2, 0.25) is 5.02 Å². The Hall–Kier alpha value is -1.81. The second-order valence-corrected chi connectivity index (χ2v) is 4.39. The van der Waals surface area contributed by atoms with Crippen molar-refractivity contribution < 1.29 is 42.2 Å². The van der Waals surface area contributed by atoms with E-state index in [4.69, 9.17) is 26.1 Å². The number of fused-ring (bicyclic) bond motifs is 1. The number of hydrogen-bond donors (Lipinski definition) is 2. The average Bonchev–Trinajstić information content (AvgIpc) is 2.34. The van der Waals surface area contributed by atoms with Gasteiger partial charge in [-0.3, -0.25) is 0 Å². The van der Waals surface area contributed by atoms with E-state index >= 15 is 0 Å². The zero-order valence-electron chi connectivity index (χ0n) is 10.1. The van der Waals surface area contributed by atoms with Crippen molar-refractivity contribution in [3.05, 3.63) is 16.7 Å². The van der Waals surface area contributed by atoms with Crippen molar-refractivity contribution in [2.24, 2.45) is 0 Å². The summed E-state index contributed by atoms with van der Waals surface area (Å²) in [6.07, 6.45) is -4.66. The molecule has 1 aliphatic rings. The van der Waals surface area contributed by atoms with Gasteiger partial charge in [0.25, 0.3) is 0 Å². The summed E-state index contributed by atoms with van der Waals surface area (Å²) in [5.41, 5.74) is -0.711. The number of aromatic carboxylic acids is 1. The van der Waals surface area contributed by atoms with Crippen LogP contribution in [0.25, 0.3) is 0 Å². The number of halogens is 4. The van der Waals surface area contributed by atoms with Crippen LogP contribution in [0.5, 0.6) is 17.2 Å². The molecule has 0 aromatic heterocycles. The molecule has 1 aliphatic heterocycles. The van der Waals surface area contributed by atoms with Crippen LogP contribution >= 0.6 is 11.6 Å². The number of hydrogen-bond acceptors (Lipinski definition) is 5. The van der Waals surface area contributed by atoms with Gasteiger partial charge in [0.15, 0.2) is 18.1 Å². The SMILES string of the molecule is O=C(O)c1c(OCC(F)(F)F)cc(Cl)c2c1OB(O)CO2. The molecule has 0 spiro atoms. The zero-order chi connectivity index (χ0) is 15.8. The predicted octanol–water partition coefficient (Wildman–Crippen LogP) is 1.77. The molecule has 0 fully saturated rings. The van der Waals surface area contributed by atoms with Gasteiger partial charge in [-0.25, -0.2) is 4.79 Å². The summed E-state index contributed by atoms with van der Waals surface area (Å²) in [5, 5.41) is 18.2. The van der Waals surface area contributed by atoms with Crippen LogP contribution < -0.4 is 14.1 Å². The zero-order valence-corrected chi connectivity index (χ0v) is 10.9. The molecule has 0 saturated carbocycles. The summed E-state index contributed by atoms with van der Waals surface area (Å²) >= 11 is 5.78. The van der Waals surface area contributed by atoms with E-state index in [-0.39, 0.29) is 17.3 Å². The van der Waals surface area contributed by atoms with Gasteiger partial charge in [0.05, 0.1) is 5.02 Å². The van der Waals surface area contributed by atoms with Gasteiger partial charge < -0.3 is 24.3 Å². The van der Waals surface area contributed by atoms with Gasteiger partial charge in [0.1, 0.15) is 17.8 Å². The first kappa shape index (κ1) is 15.6. The molecule has 21 heavy (non-hydrogen) atoms. The average molecular weight is 326 g/mol. The normalized spacial score (nSPS) is 14.0. The van der Waals surface area contributed by atoms with Crippen LogP contribution in [-0.2, 0) is 0 Å². The lowest BCUT2D eigenvalue weighted by Gasteiger charge is -2.24. The fraction of sp³-hybridized carbons (Fsp3) is 0.300. The maximum absolute atomic E-state index is 12.2. The Morgan fingerprint density at radius 2 is 2.14 bits per heavy atom. The highest BCUT2D eigenvalue weighted by Gasteiger charge is 2.35. The molecule has 0 amide bonds. The van der Waals surface area contributed by atoms with Crippen LogP contribution in [0.3, 0.4) is 0 Å². The molecule has 0 aliphatic carbocycles.